The van der Waals surface area contributed by atoms with E-state index in [2.05, 4.69) is 22.8 Å². The number of rotatable bonds is 12. The van der Waals surface area contributed by atoms with Gasteiger partial charge in [-0.3, -0.25) is 24.2 Å². The molecule has 0 radical (unpaired) electrons. The largest absolute Gasteiger partial charge is 0.491 e. The molecule has 0 unspecified atom stereocenters. The van der Waals surface area contributed by atoms with E-state index in [1.165, 1.54) is 7.11 Å². The van der Waals surface area contributed by atoms with Crippen LogP contribution in [0, 0.1) is 17.8 Å². The number of ether oxygens (including phenoxy) is 6. The highest BCUT2D eigenvalue weighted by molar-refractivity contribution is 6.23. The molecule has 3 fully saturated rings. The van der Waals surface area contributed by atoms with Crippen LogP contribution in [0.4, 0.5) is 10.5 Å². The summed E-state index contributed by atoms with van der Waals surface area (Å²) in [4.78, 5) is 70.6. The lowest BCUT2D eigenvalue weighted by Gasteiger charge is -2.46. The molecule has 3 saturated heterocycles. The zero-order valence-electron chi connectivity index (χ0n) is 41.2. The molecule has 15 heteroatoms. The van der Waals surface area contributed by atoms with Crippen molar-refractivity contribution >= 4 is 29.6 Å². The normalized spacial score (nSPS) is 24.1. The summed E-state index contributed by atoms with van der Waals surface area (Å²) in [5.41, 5.74) is 3.21. The fourth-order valence-corrected chi connectivity index (χ4v) is 11.9. The number of carbonyl (C=O) groups is 4. The van der Waals surface area contributed by atoms with Gasteiger partial charge in [-0.05, 0) is 102 Å². The third-order valence-electron chi connectivity index (χ3n) is 15.1. The fourth-order valence-electron chi connectivity index (χ4n) is 11.9. The van der Waals surface area contributed by atoms with Crippen LogP contribution in [0.2, 0.25) is 0 Å². The van der Waals surface area contributed by atoms with Gasteiger partial charge in [0.1, 0.15) is 36.5 Å². The van der Waals surface area contributed by atoms with Crippen LogP contribution in [0.3, 0.4) is 0 Å². The smallest absolute Gasteiger partial charge is 0.421 e. The highest BCUT2D eigenvalue weighted by atomic mass is 16.7. The highest BCUT2D eigenvalue weighted by Crippen LogP contribution is 2.66. The summed E-state index contributed by atoms with van der Waals surface area (Å²) in [6.07, 6.45) is 4.21. The van der Waals surface area contributed by atoms with E-state index in [1.807, 2.05) is 95.9 Å². The summed E-state index contributed by atoms with van der Waals surface area (Å²) in [7, 11) is 1.49. The molecule has 0 saturated carbocycles. The number of fused-ring (bicyclic) bond motifs is 4. The molecule has 5 heterocycles. The molecule has 11 rings (SSSR count). The number of nitrogens with zero attached hydrogens (tertiary/aromatic N) is 4. The van der Waals surface area contributed by atoms with Crippen LogP contribution in [0.5, 0.6) is 17.2 Å². The Balaban J connectivity index is 1.12. The molecule has 5 aliphatic heterocycles. The van der Waals surface area contributed by atoms with E-state index in [-0.39, 0.29) is 52.0 Å². The number of methoxy groups -OCH3 is 1. The summed E-state index contributed by atoms with van der Waals surface area (Å²) in [6, 6.07) is 34.3. The number of benzene rings is 5. The molecule has 1 aliphatic carbocycles. The second-order valence-corrected chi connectivity index (χ2v) is 19.4. The number of cyclic esters (lactones) is 1. The molecule has 15 nitrogen and oxygen atoms in total. The van der Waals surface area contributed by atoms with Gasteiger partial charge in [-0.2, -0.15) is 0 Å². The Kier molecular flexibility index (Phi) is 13.9. The Labute approximate surface area is 430 Å². The summed E-state index contributed by atoms with van der Waals surface area (Å²) < 4.78 is 35.0. The summed E-state index contributed by atoms with van der Waals surface area (Å²) in [6.45, 7) is 1.98. The zero-order chi connectivity index (χ0) is 50.8. The van der Waals surface area contributed by atoms with Gasteiger partial charge in [0.25, 0.3) is 0 Å². The minimum absolute atomic E-state index is 0.0102. The Bertz CT molecular complexity index is 3020. The first-order valence-corrected chi connectivity index (χ1v) is 25.5. The van der Waals surface area contributed by atoms with Gasteiger partial charge in [0, 0.05) is 45.4 Å². The molecule has 5 aromatic carbocycles. The van der Waals surface area contributed by atoms with E-state index >= 15 is 14.4 Å². The first-order valence-electron chi connectivity index (χ1n) is 25.5. The van der Waals surface area contributed by atoms with Crippen LogP contribution in [0.25, 0.3) is 0 Å². The van der Waals surface area contributed by atoms with Gasteiger partial charge in [-0.1, -0.05) is 96.8 Å². The lowest BCUT2D eigenvalue weighted by atomic mass is 9.64. The Morgan fingerprint density at radius 3 is 2.30 bits per heavy atom. The second-order valence-electron chi connectivity index (χ2n) is 19.4. The van der Waals surface area contributed by atoms with Gasteiger partial charge < -0.3 is 38.4 Å². The van der Waals surface area contributed by atoms with Crippen LogP contribution in [0.15, 0.2) is 133 Å². The number of carbonyl (C=O) groups excluding carboxylic acids is 4. The molecule has 3 amide bonds. The topological polar surface area (TPSA) is 157 Å². The maximum Gasteiger partial charge on any atom is 0.421 e. The number of anilines is 1. The monoisotopic (exact) mass is 998 g/mol. The summed E-state index contributed by atoms with van der Waals surface area (Å²) >= 11 is 0. The number of hydrogen-bond donors (Lipinski definition) is 1. The maximum atomic E-state index is 16.7. The first-order chi connectivity index (χ1) is 36.3. The molecule has 1 spiro atoms. The average Bonchev–Trinajstić information content (AvgIpc) is 4.17. The Morgan fingerprint density at radius 1 is 0.770 bits per heavy atom. The van der Waals surface area contributed by atoms with Crippen LogP contribution >= 0.6 is 0 Å². The Morgan fingerprint density at radius 2 is 1.54 bits per heavy atom. The number of aliphatic hydroxyl groups excluding tert-OH is 1. The van der Waals surface area contributed by atoms with Gasteiger partial charge >= 0.3 is 12.1 Å². The van der Waals surface area contributed by atoms with E-state index in [4.69, 9.17) is 28.4 Å². The quantitative estimate of drug-likeness (QED) is 0.0749. The molecule has 1 N–H and O–H groups in total. The molecule has 5 aromatic rings. The van der Waals surface area contributed by atoms with Crippen LogP contribution < -0.4 is 19.1 Å². The van der Waals surface area contributed by atoms with Crippen molar-refractivity contribution < 1.29 is 52.7 Å². The number of piperazine rings is 1. The third kappa shape index (κ3) is 8.95. The van der Waals surface area contributed by atoms with Gasteiger partial charge in [-0.15, -0.1) is 0 Å². The average molecular weight is 999 g/mol. The molecule has 380 valence electrons. The van der Waals surface area contributed by atoms with E-state index in [0.29, 0.717) is 59.1 Å². The third-order valence-corrected chi connectivity index (χ3v) is 15.1. The van der Waals surface area contributed by atoms with Gasteiger partial charge in [-0.25, -0.2) is 9.69 Å². The SMILES string of the molecule is COCCOC(=O)N1C(=O)[C@@]2(c3cc(C#CC4=CCCCC4)ccc31)[C@H](c1cccc(OCCO)c1)N1[C@H](c3ccccc3)[C@H](c3ccccc3)OC(=O)[C@H]1[C@@H]2C(=O)N1CCN(Cc2ccc3c(c2)OCO3)CC1. The van der Waals surface area contributed by atoms with E-state index in [0.717, 1.165) is 47.3 Å². The van der Waals surface area contributed by atoms with Crippen molar-refractivity contribution in [1.29, 1.82) is 0 Å². The van der Waals surface area contributed by atoms with Gasteiger partial charge in [0.05, 0.1) is 36.9 Å². The zero-order valence-corrected chi connectivity index (χ0v) is 41.2. The van der Waals surface area contributed by atoms with Crippen LogP contribution in [-0.2, 0) is 40.6 Å². The maximum absolute atomic E-state index is 16.7. The van der Waals surface area contributed by atoms with Crippen LogP contribution in [-0.4, -0.2) is 116 Å². The standard InChI is InChI=1S/C59H58N4O11/c1-69-32-33-71-58(68)62-47-24-22-40(21-20-39-12-5-2-6-13-39)34-46(47)59(57(62)67)50(55(65)61-28-26-60(27-29-61)37-41-23-25-48-49(35-41)73-38-72-48)52-56(66)74-53(43-16-9-4-10-17-43)51(42-14-7-3-8-15-42)63(52)54(59)44-18-11-19-45(36-44)70-31-30-64/h3-4,7-12,14-19,22-25,34-36,50-54,64H,2,5-6,13,26-33,37-38H2,1H3/t50-,51-,52-,53+,54+,59-/m1/s1. The molecular formula is C59H58N4O11. The minimum Gasteiger partial charge on any atom is -0.491 e. The van der Waals surface area contributed by atoms with Crippen molar-refractivity contribution in [3.63, 3.8) is 0 Å². The minimum atomic E-state index is -2.00. The van der Waals surface area contributed by atoms with Crippen molar-refractivity contribution in [2.24, 2.45) is 5.92 Å². The molecule has 74 heavy (non-hydrogen) atoms. The van der Waals surface area contributed by atoms with Gasteiger partial charge in [0.2, 0.25) is 18.6 Å². The number of amides is 3. The number of hydrogen-bond acceptors (Lipinski definition) is 13. The van der Waals surface area contributed by atoms with Crippen molar-refractivity contribution in [3.05, 3.63) is 166 Å². The van der Waals surface area contributed by atoms with Crippen molar-refractivity contribution in [3.8, 4) is 29.1 Å². The van der Waals surface area contributed by atoms with Crippen molar-refractivity contribution in [1.82, 2.24) is 14.7 Å². The summed E-state index contributed by atoms with van der Waals surface area (Å²) in [5.74, 6) is 5.23. The van der Waals surface area contributed by atoms with E-state index in [9.17, 15) is 9.90 Å². The summed E-state index contributed by atoms with van der Waals surface area (Å²) in [5, 5.41) is 9.90. The van der Waals surface area contributed by atoms with Gasteiger partial charge in [0.15, 0.2) is 11.5 Å². The predicted octanol–water partition coefficient (Wildman–Crippen LogP) is 7.43. The molecule has 0 aromatic heterocycles. The highest BCUT2D eigenvalue weighted by Gasteiger charge is 2.76. The van der Waals surface area contributed by atoms with Crippen molar-refractivity contribution in [2.45, 2.75) is 61.9 Å². The molecule has 6 atom stereocenters. The van der Waals surface area contributed by atoms with E-state index < -0.39 is 59.4 Å². The number of esters is 1. The fraction of sp³-hybridized carbons (Fsp3) is 0.356. The number of imide groups is 1. The number of allylic oxidation sites excluding steroid dienone is 2. The predicted molar refractivity (Wildman–Crippen MR) is 272 cm³/mol. The number of morpholine rings is 1. The lowest BCUT2D eigenvalue weighted by molar-refractivity contribution is -0.179. The number of aliphatic hydroxyl groups is 1. The van der Waals surface area contributed by atoms with Crippen LogP contribution in [0.1, 0.15) is 77.3 Å². The van der Waals surface area contributed by atoms with Crippen molar-refractivity contribution in [2.75, 3.05) is 71.4 Å². The molecule has 0 bridgehead atoms. The first kappa shape index (κ1) is 48.8. The Hall–Kier alpha value is -7.48. The second kappa shape index (κ2) is 21.2. The van der Waals surface area contributed by atoms with E-state index in [1.54, 1.807) is 35.2 Å². The molecular weight excluding hydrogens is 941 g/mol. The lowest BCUT2D eigenvalue weighted by Crippen LogP contribution is -2.59. The molecule has 6 aliphatic rings.